The Morgan fingerprint density at radius 1 is 0.354 bits per heavy atom. The van der Waals surface area contributed by atoms with Crippen molar-refractivity contribution < 1.29 is 4.42 Å². The Morgan fingerprint density at radius 2 is 0.848 bits per heavy atom. The van der Waals surface area contributed by atoms with Gasteiger partial charge in [0.15, 0.2) is 0 Å². The van der Waals surface area contributed by atoms with Crippen LogP contribution in [0.4, 0.5) is 34.1 Å². The van der Waals surface area contributed by atoms with Crippen molar-refractivity contribution in [3.05, 3.63) is 247 Å². The lowest BCUT2D eigenvalue weighted by Crippen LogP contribution is -2.14. The average molecular weight is 1020 g/mol. The zero-order chi connectivity index (χ0) is 53.9. The van der Waals surface area contributed by atoms with Crippen LogP contribution in [0.25, 0.3) is 93.1 Å². The van der Waals surface area contributed by atoms with Gasteiger partial charge in [-0.3, -0.25) is 0 Å². The van der Waals surface area contributed by atoms with Gasteiger partial charge < -0.3 is 18.6 Å². The summed E-state index contributed by atoms with van der Waals surface area (Å²) in [7, 11) is 0. The summed E-state index contributed by atoms with van der Waals surface area (Å²) >= 11 is 0. The maximum Gasteiger partial charge on any atom is 0.137 e. The molecule has 0 unspecified atom stereocenters. The number of benzene rings is 11. The molecule has 0 bridgehead atoms. The number of anilines is 6. The van der Waals surface area contributed by atoms with E-state index in [0.29, 0.717) is 5.92 Å². The number of rotatable bonds is 9. The van der Waals surface area contributed by atoms with E-state index >= 15 is 0 Å². The molecule has 11 aromatic carbocycles. The van der Waals surface area contributed by atoms with Crippen molar-refractivity contribution in [2.75, 3.05) is 9.80 Å². The van der Waals surface area contributed by atoms with E-state index in [4.69, 9.17) is 4.42 Å². The van der Waals surface area contributed by atoms with Gasteiger partial charge in [0, 0.05) is 72.2 Å². The van der Waals surface area contributed by atoms with Crippen molar-refractivity contribution in [1.29, 1.82) is 0 Å². The quantitative estimate of drug-likeness (QED) is 0.144. The maximum atomic E-state index is 6.98. The van der Waals surface area contributed by atoms with Crippen LogP contribution in [0, 0.1) is 0 Å². The SMILES string of the molecule is CC(C)c1ccc2c(c1)c1c(N(c3cccc(-c4ccccc4)c3)c3cccc(C(C)(C)C)c3)ccc3c4ccc5c(ccc6oc7cc(N(c8cccc(-c9ccccc9)c8)c8cccc(C(C)(C)C)c8)ccc7c65)c4n2c31. The lowest BCUT2D eigenvalue weighted by Gasteiger charge is -2.29. The number of nitrogens with zero attached hydrogens (tertiary/aromatic N) is 3. The standard InChI is InChI=1S/C75H63N3O/c1-47(2)50-31-38-66-65(43-50)71-67(77(58-30-18-26-54(45-58)75(6,7)8)56-28-16-24-52(42-56)49-21-13-10-14-22-49)39-36-63-62-35-34-60-61(72(62)78(66)73(63)71)37-40-68-70(60)64-33-32-59(46-69(64)79-68)76(57-29-17-25-53(44-57)74(3,4)5)55-27-15-23-51(41-55)48-19-11-9-12-20-48/h9-47H,1-8H3. The molecule has 4 heteroatoms. The van der Waals surface area contributed by atoms with E-state index < -0.39 is 0 Å². The Kier molecular flexibility index (Phi) is 11.1. The van der Waals surface area contributed by atoms with Crippen LogP contribution in [-0.2, 0) is 10.8 Å². The largest absolute Gasteiger partial charge is 0.456 e. The molecule has 0 amide bonds. The van der Waals surface area contributed by atoms with Crippen LogP contribution in [0.5, 0.6) is 0 Å². The summed E-state index contributed by atoms with van der Waals surface area (Å²) in [5.41, 5.74) is 20.6. The fourth-order valence-corrected chi connectivity index (χ4v) is 12.4. The fraction of sp³-hybridized carbons (Fsp3) is 0.147. The predicted octanol–water partition coefficient (Wildman–Crippen LogP) is 21.9. The summed E-state index contributed by atoms with van der Waals surface area (Å²) in [6, 6.07) is 85.4. The minimum atomic E-state index is -0.0388. The van der Waals surface area contributed by atoms with E-state index in [9.17, 15) is 0 Å². The molecule has 14 aromatic rings. The van der Waals surface area contributed by atoms with Crippen molar-refractivity contribution >= 4 is 105 Å². The third kappa shape index (κ3) is 8.03. The normalized spacial score (nSPS) is 12.4. The maximum absolute atomic E-state index is 6.98. The van der Waals surface area contributed by atoms with Crippen LogP contribution in [0.1, 0.15) is 78.0 Å². The molecule has 3 heterocycles. The van der Waals surface area contributed by atoms with Crippen molar-refractivity contribution in [2.24, 2.45) is 0 Å². The number of hydrogen-bond acceptors (Lipinski definition) is 3. The summed E-state index contributed by atoms with van der Waals surface area (Å²) in [4.78, 5) is 4.88. The second kappa shape index (κ2) is 18.2. The van der Waals surface area contributed by atoms with Crippen LogP contribution in [-0.4, -0.2) is 4.40 Å². The summed E-state index contributed by atoms with van der Waals surface area (Å²) in [5, 5.41) is 9.58. The van der Waals surface area contributed by atoms with Crippen molar-refractivity contribution in [3.8, 4) is 22.3 Å². The highest BCUT2D eigenvalue weighted by Crippen LogP contribution is 2.51. The van der Waals surface area contributed by atoms with Crippen molar-refractivity contribution in [3.63, 3.8) is 0 Å². The van der Waals surface area contributed by atoms with E-state index in [0.717, 1.165) is 56.1 Å². The van der Waals surface area contributed by atoms with E-state index in [-0.39, 0.29) is 10.8 Å². The van der Waals surface area contributed by atoms with Gasteiger partial charge in [-0.2, -0.15) is 0 Å². The van der Waals surface area contributed by atoms with Crippen LogP contribution >= 0.6 is 0 Å². The first-order valence-electron chi connectivity index (χ1n) is 27.9. The number of furan rings is 1. The van der Waals surface area contributed by atoms with Gasteiger partial charge >= 0.3 is 0 Å². The number of hydrogen-bond donors (Lipinski definition) is 0. The Bertz CT molecular complexity index is 4660. The molecule has 0 aliphatic heterocycles. The summed E-state index contributed by atoms with van der Waals surface area (Å²) in [6.45, 7) is 18.3. The molecule has 3 aromatic heterocycles. The molecule has 0 fully saturated rings. The van der Waals surface area contributed by atoms with Gasteiger partial charge in [0.2, 0.25) is 0 Å². The monoisotopic (exact) mass is 1020 g/mol. The summed E-state index contributed by atoms with van der Waals surface area (Å²) in [5.74, 6) is 0.357. The zero-order valence-corrected chi connectivity index (χ0v) is 46.3. The first-order valence-corrected chi connectivity index (χ1v) is 27.9. The van der Waals surface area contributed by atoms with Crippen molar-refractivity contribution in [1.82, 2.24) is 4.40 Å². The molecule has 4 nitrogen and oxygen atoms in total. The Balaban J connectivity index is 0.990. The molecule has 0 saturated carbocycles. The minimum absolute atomic E-state index is 0.0226. The Hall–Kier alpha value is -9.12. The zero-order valence-electron chi connectivity index (χ0n) is 46.3. The van der Waals surface area contributed by atoms with Gasteiger partial charge in [0.05, 0.1) is 22.2 Å². The molecule has 0 aliphatic carbocycles. The lowest BCUT2D eigenvalue weighted by molar-refractivity contribution is 0.590. The van der Waals surface area contributed by atoms with Crippen LogP contribution < -0.4 is 9.80 Å². The van der Waals surface area contributed by atoms with E-state index in [1.807, 2.05) is 0 Å². The molecular weight excluding hydrogens is 959 g/mol. The molecule has 0 N–H and O–H groups in total. The van der Waals surface area contributed by atoms with Gasteiger partial charge in [-0.1, -0.05) is 189 Å². The third-order valence-corrected chi connectivity index (χ3v) is 16.5. The molecule has 0 saturated heterocycles. The van der Waals surface area contributed by atoms with Gasteiger partial charge in [0.25, 0.3) is 0 Å². The second-order valence-corrected chi connectivity index (χ2v) is 24.0. The molecule has 14 rings (SSSR count). The highest BCUT2D eigenvalue weighted by atomic mass is 16.3. The van der Waals surface area contributed by atoms with E-state index in [1.165, 1.54) is 87.8 Å². The first-order chi connectivity index (χ1) is 38.3. The number of fused-ring (bicyclic) bond motifs is 12. The first kappa shape index (κ1) is 48.3. The van der Waals surface area contributed by atoms with Gasteiger partial charge in [-0.25, -0.2) is 0 Å². The van der Waals surface area contributed by atoms with Crippen LogP contribution in [0.2, 0.25) is 0 Å². The smallest absolute Gasteiger partial charge is 0.137 e. The highest BCUT2D eigenvalue weighted by Gasteiger charge is 2.28. The fourth-order valence-electron chi connectivity index (χ4n) is 12.4. The topological polar surface area (TPSA) is 24.0 Å². The minimum Gasteiger partial charge on any atom is -0.456 e. The lowest BCUT2D eigenvalue weighted by atomic mass is 9.86. The summed E-state index contributed by atoms with van der Waals surface area (Å²) in [6.07, 6.45) is 0. The summed E-state index contributed by atoms with van der Waals surface area (Å²) < 4.78 is 9.55. The van der Waals surface area contributed by atoms with Gasteiger partial charge in [-0.15, -0.1) is 0 Å². The Labute approximate surface area is 462 Å². The third-order valence-electron chi connectivity index (χ3n) is 16.5. The van der Waals surface area contributed by atoms with Gasteiger partial charge in [0.1, 0.15) is 11.2 Å². The average Bonchev–Trinajstić information content (AvgIpc) is 2.75. The molecule has 0 atom stereocenters. The molecule has 384 valence electrons. The van der Waals surface area contributed by atoms with Crippen LogP contribution in [0.3, 0.4) is 0 Å². The number of aromatic nitrogens is 1. The van der Waals surface area contributed by atoms with E-state index in [2.05, 4.69) is 300 Å². The van der Waals surface area contributed by atoms with Gasteiger partial charge in [-0.05, 0) is 152 Å². The van der Waals surface area contributed by atoms with Crippen molar-refractivity contribution in [2.45, 2.75) is 72.1 Å². The molecule has 79 heavy (non-hydrogen) atoms. The highest BCUT2D eigenvalue weighted by molar-refractivity contribution is 6.32. The van der Waals surface area contributed by atoms with Crippen LogP contribution in [0.15, 0.2) is 235 Å². The molecule has 0 spiro atoms. The van der Waals surface area contributed by atoms with E-state index in [1.54, 1.807) is 0 Å². The molecule has 0 aliphatic rings. The Morgan fingerprint density at radius 3 is 1.47 bits per heavy atom. The second-order valence-electron chi connectivity index (χ2n) is 24.0. The molecule has 0 radical (unpaired) electrons. The predicted molar refractivity (Wildman–Crippen MR) is 338 cm³/mol. The molecular formula is C75H63N3O.